The Kier molecular flexibility index (Phi) is 9.46. The number of nitrogens with one attached hydrogen (secondary N) is 1. The molecule has 1 unspecified atom stereocenters. The first kappa shape index (κ1) is 22.9. The van der Waals surface area contributed by atoms with Gasteiger partial charge in [-0.1, -0.05) is 24.3 Å². The minimum Gasteiger partial charge on any atom is -0.380 e. The number of guanidine groups is 1. The predicted molar refractivity (Wildman–Crippen MR) is 120 cm³/mol. The summed E-state index contributed by atoms with van der Waals surface area (Å²) in [6, 6.07) is 8.37. The summed E-state index contributed by atoms with van der Waals surface area (Å²) >= 11 is 0. The molecule has 0 aliphatic carbocycles. The van der Waals surface area contributed by atoms with Crippen molar-refractivity contribution in [3.63, 3.8) is 0 Å². The number of carbonyl (C=O) groups is 1. The summed E-state index contributed by atoms with van der Waals surface area (Å²) < 4.78 is 10.7. The lowest BCUT2D eigenvalue weighted by atomic mass is 10.1. The molecule has 2 aliphatic heterocycles. The SMILES string of the molecule is CN=C(NCc1ccc(COC)cc1)N1CCN(C(=O)C2CCCO2)CC1.I. The Balaban J connectivity index is 0.00000280. The van der Waals surface area contributed by atoms with E-state index < -0.39 is 0 Å². The van der Waals surface area contributed by atoms with E-state index in [-0.39, 0.29) is 36.0 Å². The summed E-state index contributed by atoms with van der Waals surface area (Å²) in [6.45, 7) is 5.05. The molecular weight excluding hydrogens is 471 g/mol. The quantitative estimate of drug-likeness (QED) is 0.379. The van der Waals surface area contributed by atoms with Gasteiger partial charge in [-0.25, -0.2) is 0 Å². The van der Waals surface area contributed by atoms with Crippen LogP contribution in [0.2, 0.25) is 0 Å². The van der Waals surface area contributed by atoms with Crippen LogP contribution in [0.5, 0.6) is 0 Å². The minimum atomic E-state index is -0.227. The Bertz CT molecular complexity index is 639. The average molecular weight is 502 g/mol. The van der Waals surface area contributed by atoms with Crippen LogP contribution in [0.4, 0.5) is 0 Å². The van der Waals surface area contributed by atoms with E-state index in [1.54, 1.807) is 14.2 Å². The number of piperazine rings is 1. The number of benzene rings is 1. The molecule has 156 valence electrons. The number of hydrogen-bond acceptors (Lipinski definition) is 4. The van der Waals surface area contributed by atoms with Gasteiger partial charge in [0, 0.05) is 53.5 Å². The van der Waals surface area contributed by atoms with Crippen molar-refractivity contribution in [3.8, 4) is 0 Å². The van der Waals surface area contributed by atoms with Crippen molar-refractivity contribution in [1.82, 2.24) is 15.1 Å². The fourth-order valence-corrected chi connectivity index (χ4v) is 3.55. The Hall–Kier alpha value is -1.39. The van der Waals surface area contributed by atoms with E-state index >= 15 is 0 Å². The molecule has 0 radical (unpaired) electrons. The topological polar surface area (TPSA) is 66.4 Å². The van der Waals surface area contributed by atoms with E-state index in [1.165, 1.54) is 5.56 Å². The minimum absolute atomic E-state index is 0. The van der Waals surface area contributed by atoms with Crippen LogP contribution in [0.1, 0.15) is 24.0 Å². The molecule has 1 N–H and O–H groups in total. The molecule has 7 nitrogen and oxygen atoms in total. The largest absolute Gasteiger partial charge is 0.380 e. The highest BCUT2D eigenvalue weighted by Crippen LogP contribution is 2.16. The number of aliphatic imine (C=N–C) groups is 1. The second-order valence-electron chi connectivity index (χ2n) is 6.96. The van der Waals surface area contributed by atoms with Crippen molar-refractivity contribution >= 4 is 35.8 Å². The molecule has 3 rings (SSSR count). The second kappa shape index (κ2) is 11.6. The standard InChI is InChI=1S/C20H30N4O3.HI/c1-21-20(22-14-16-5-7-17(8-6-16)15-26-2)24-11-9-23(10-12-24)19(25)18-4-3-13-27-18;/h5-8,18H,3-4,9-15H2,1-2H3,(H,21,22);1H. The van der Waals surface area contributed by atoms with Crippen LogP contribution >= 0.6 is 24.0 Å². The number of nitrogens with zero attached hydrogens (tertiary/aromatic N) is 3. The highest BCUT2D eigenvalue weighted by molar-refractivity contribution is 14.0. The molecule has 1 aromatic carbocycles. The van der Waals surface area contributed by atoms with Crippen molar-refractivity contribution in [2.24, 2.45) is 4.99 Å². The normalized spacial score (nSPS) is 20.1. The van der Waals surface area contributed by atoms with Gasteiger partial charge in [-0.3, -0.25) is 9.79 Å². The van der Waals surface area contributed by atoms with E-state index in [0.717, 1.165) is 44.0 Å². The highest BCUT2D eigenvalue weighted by atomic mass is 127. The molecule has 0 bridgehead atoms. The number of rotatable bonds is 5. The molecule has 1 amide bonds. The molecule has 2 heterocycles. The third-order valence-corrected chi connectivity index (χ3v) is 5.09. The lowest BCUT2D eigenvalue weighted by molar-refractivity contribution is -0.142. The maximum atomic E-state index is 12.5. The van der Waals surface area contributed by atoms with Gasteiger partial charge in [0.15, 0.2) is 5.96 Å². The van der Waals surface area contributed by atoms with Crippen molar-refractivity contribution in [1.29, 1.82) is 0 Å². The molecule has 2 saturated heterocycles. The average Bonchev–Trinajstić information content (AvgIpc) is 3.25. The van der Waals surface area contributed by atoms with Gasteiger partial charge in [0.1, 0.15) is 6.10 Å². The van der Waals surface area contributed by atoms with E-state index in [1.807, 2.05) is 4.90 Å². The van der Waals surface area contributed by atoms with Gasteiger partial charge in [0.25, 0.3) is 5.91 Å². The van der Waals surface area contributed by atoms with Crippen molar-refractivity contribution in [2.45, 2.75) is 32.1 Å². The molecule has 28 heavy (non-hydrogen) atoms. The first-order chi connectivity index (χ1) is 13.2. The van der Waals surface area contributed by atoms with Gasteiger partial charge in [-0.05, 0) is 24.0 Å². The first-order valence-corrected chi connectivity index (χ1v) is 9.64. The number of methoxy groups -OCH3 is 1. The lowest BCUT2D eigenvalue weighted by Gasteiger charge is -2.37. The third kappa shape index (κ3) is 6.05. The third-order valence-electron chi connectivity index (χ3n) is 5.09. The van der Waals surface area contributed by atoms with Gasteiger partial charge in [-0.15, -0.1) is 24.0 Å². The zero-order valence-corrected chi connectivity index (χ0v) is 19.1. The Morgan fingerprint density at radius 2 is 1.82 bits per heavy atom. The van der Waals surface area contributed by atoms with Gasteiger partial charge in [-0.2, -0.15) is 0 Å². The Morgan fingerprint density at radius 1 is 1.18 bits per heavy atom. The maximum absolute atomic E-state index is 12.5. The van der Waals surface area contributed by atoms with E-state index in [4.69, 9.17) is 9.47 Å². The van der Waals surface area contributed by atoms with Crippen LogP contribution in [0.3, 0.4) is 0 Å². The molecular formula is C20H31IN4O3. The van der Waals surface area contributed by atoms with Crippen LogP contribution in [0.15, 0.2) is 29.3 Å². The van der Waals surface area contributed by atoms with Gasteiger partial charge < -0.3 is 24.6 Å². The molecule has 1 aromatic rings. The fourth-order valence-electron chi connectivity index (χ4n) is 3.55. The first-order valence-electron chi connectivity index (χ1n) is 9.64. The maximum Gasteiger partial charge on any atom is 0.251 e. The Labute approximate surface area is 184 Å². The number of halogens is 1. The van der Waals surface area contributed by atoms with Crippen molar-refractivity contribution < 1.29 is 14.3 Å². The number of carbonyl (C=O) groups excluding carboxylic acids is 1. The molecule has 8 heteroatoms. The van der Waals surface area contributed by atoms with E-state index in [9.17, 15) is 4.79 Å². The lowest BCUT2D eigenvalue weighted by Crippen LogP contribution is -2.55. The van der Waals surface area contributed by atoms with Crippen molar-refractivity contribution in [2.75, 3.05) is 46.9 Å². The summed E-state index contributed by atoms with van der Waals surface area (Å²) in [6.07, 6.45) is 1.61. The van der Waals surface area contributed by atoms with E-state index in [0.29, 0.717) is 26.3 Å². The van der Waals surface area contributed by atoms with Crippen LogP contribution in [-0.4, -0.2) is 74.7 Å². The van der Waals surface area contributed by atoms with Crippen LogP contribution < -0.4 is 5.32 Å². The molecule has 0 spiro atoms. The smallest absolute Gasteiger partial charge is 0.251 e. The Morgan fingerprint density at radius 3 is 2.39 bits per heavy atom. The number of amides is 1. The number of ether oxygens (including phenoxy) is 2. The summed E-state index contributed by atoms with van der Waals surface area (Å²) in [5.41, 5.74) is 2.36. The van der Waals surface area contributed by atoms with Crippen LogP contribution in [-0.2, 0) is 27.4 Å². The molecule has 2 fully saturated rings. The summed E-state index contributed by atoms with van der Waals surface area (Å²) in [5.74, 6) is 1.02. The van der Waals surface area contributed by atoms with E-state index in [2.05, 4.69) is 39.5 Å². The molecule has 2 aliphatic rings. The molecule has 0 saturated carbocycles. The zero-order chi connectivity index (χ0) is 19.1. The monoisotopic (exact) mass is 502 g/mol. The number of hydrogen-bond donors (Lipinski definition) is 1. The molecule has 0 aromatic heterocycles. The zero-order valence-electron chi connectivity index (χ0n) is 16.7. The highest BCUT2D eigenvalue weighted by Gasteiger charge is 2.30. The predicted octanol–water partition coefficient (Wildman–Crippen LogP) is 1.85. The van der Waals surface area contributed by atoms with Crippen LogP contribution in [0.25, 0.3) is 0 Å². The van der Waals surface area contributed by atoms with Crippen molar-refractivity contribution in [3.05, 3.63) is 35.4 Å². The van der Waals surface area contributed by atoms with Crippen LogP contribution in [0, 0.1) is 0 Å². The van der Waals surface area contributed by atoms with Gasteiger partial charge in [0.05, 0.1) is 6.61 Å². The molecule has 1 atom stereocenters. The fraction of sp³-hybridized carbons (Fsp3) is 0.600. The van der Waals surface area contributed by atoms with Gasteiger partial charge >= 0.3 is 0 Å². The summed E-state index contributed by atoms with van der Waals surface area (Å²) in [5, 5.41) is 3.42. The van der Waals surface area contributed by atoms with Gasteiger partial charge in [0.2, 0.25) is 0 Å². The summed E-state index contributed by atoms with van der Waals surface area (Å²) in [7, 11) is 3.50. The second-order valence-corrected chi connectivity index (χ2v) is 6.96. The summed E-state index contributed by atoms with van der Waals surface area (Å²) in [4.78, 5) is 21.0.